The maximum atomic E-state index is 11.9. The molecule has 0 aliphatic heterocycles. The summed E-state index contributed by atoms with van der Waals surface area (Å²) in [5.74, 6) is -0.363. The van der Waals surface area contributed by atoms with Gasteiger partial charge >= 0.3 is 5.97 Å². The quantitative estimate of drug-likeness (QED) is 0.133. The van der Waals surface area contributed by atoms with Crippen LogP contribution >= 0.6 is 0 Å². The van der Waals surface area contributed by atoms with Crippen molar-refractivity contribution >= 4 is 5.97 Å². The molecule has 0 aliphatic carbocycles. The average Bonchev–Trinajstić information content (AvgIpc) is 2.74. The summed E-state index contributed by atoms with van der Waals surface area (Å²) in [5.41, 5.74) is -1.20. The fourth-order valence-electron chi connectivity index (χ4n) is 3.27. The minimum Gasteiger partial charge on any atom is -0.462 e. The molecule has 0 bridgehead atoms. The van der Waals surface area contributed by atoms with Crippen LogP contribution in [0.2, 0.25) is 0 Å². The predicted molar refractivity (Wildman–Crippen MR) is 120 cm³/mol. The minimum atomic E-state index is -1.20. The molecule has 178 valence electrons. The first kappa shape index (κ1) is 29.1. The summed E-state index contributed by atoms with van der Waals surface area (Å²) in [7, 11) is 0. The first-order chi connectivity index (χ1) is 14.5. The molecule has 0 saturated carbocycles. The van der Waals surface area contributed by atoms with Crippen molar-refractivity contribution in [2.45, 2.75) is 110 Å². The van der Waals surface area contributed by atoms with Gasteiger partial charge in [0.05, 0.1) is 31.3 Å². The second-order valence-electron chi connectivity index (χ2n) is 8.49. The molecule has 0 rings (SSSR count). The molecule has 0 spiro atoms. The summed E-state index contributed by atoms with van der Waals surface area (Å²) in [6.45, 7) is 2.44. The van der Waals surface area contributed by atoms with E-state index in [9.17, 15) is 25.2 Å². The molecule has 0 radical (unpaired) electrons. The van der Waals surface area contributed by atoms with Crippen LogP contribution in [0.4, 0.5) is 0 Å². The molecule has 30 heavy (non-hydrogen) atoms. The van der Waals surface area contributed by atoms with E-state index in [1.807, 2.05) is 0 Å². The molecule has 4 N–H and O–H groups in total. The van der Waals surface area contributed by atoms with Gasteiger partial charge in [-0.3, -0.25) is 4.79 Å². The van der Waals surface area contributed by atoms with Crippen LogP contribution in [0.15, 0.2) is 12.2 Å². The molecule has 2 unspecified atom stereocenters. The van der Waals surface area contributed by atoms with Gasteiger partial charge in [-0.2, -0.15) is 0 Å². The molecule has 0 saturated heterocycles. The molecular weight excluding hydrogens is 384 g/mol. The Labute approximate surface area is 183 Å². The van der Waals surface area contributed by atoms with E-state index >= 15 is 0 Å². The number of carbonyl (C=O) groups is 1. The van der Waals surface area contributed by atoms with E-state index in [0.717, 1.165) is 57.8 Å². The van der Waals surface area contributed by atoms with Crippen LogP contribution in [0.5, 0.6) is 0 Å². The first-order valence-electron chi connectivity index (χ1n) is 11.8. The van der Waals surface area contributed by atoms with E-state index in [1.54, 1.807) is 6.92 Å². The van der Waals surface area contributed by atoms with E-state index < -0.39 is 31.3 Å². The lowest BCUT2D eigenvalue weighted by Crippen LogP contribution is -2.45. The highest BCUT2D eigenvalue weighted by Gasteiger charge is 2.37. The van der Waals surface area contributed by atoms with Crippen molar-refractivity contribution in [1.29, 1.82) is 0 Å². The summed E-state index contributed by atoms with van der Waals surface area (Å²) in [6.07, 6.45) is 16.0. The number of ether oxygens (including phenoxy) is 1. The van der Waals surface area contributed by atoms with E-state index in [2.05, 4.69) is 19.1 Å². The number of carbonyl (C=O) groups excluding carboxylic acids is 1. The average molecular weight is 431 g/mol. The van der Waals surface area contributed by atoms with Crippen molar-refractivity contribution in [3.8, 4) is 0 Å². The zero-order valence-electron chi connectivity index (χ0n) is 19.2. The van der Waals surface area contributed by atoms with Crippen molar-refractivity contribution in [2.24, 2.45) is 5.41 Å². The van der Waals surface area contributed by atoms with Crippen molar-refractivity contribution < 1.29 is 30.0 Å². The highest BCUT2D eigenvalue weighted by Crippen LogP contribution is 2.23. The minimum absolute atomic E-state index is 0.210. The molecule has 0 aromatic rings. The number of allylic oxidation sites excluding steroid dienone is 1. The number of rotatable bonds is 20. The largest absolute Gasteiger partial charge is 0.462 e. The highest BCUT2D eigenvalue weighted by molar-refractivity contribution is 5.69. The Morgan fingerprint density at radius 1 is 0.900 bits per heavy atom. The van der Waals surface area contributed by atoms with E-state index in [-0.39, 0.29) is 12.1 Å². The van der Waals surface area contributed by atoms with Gasteiger partial charge < -0.3 is 25.2 Å². The third-order valence-corrected chi connectivity index (χ3v) is 5.83. The monoisotopic (exact) mass is 430 g/mol. The Morgan fingerprint density at radius 2 is 1.50 bits per heavy atom. The van der Waals surface area contributed by atoms with Gasteiger partial charge in [-0.25, -0.2) is 0 Å². The second-order valence-corrected chi connectivity index (χ2v) is 8.49. The van der Waals surface area contributed by atoms with Crippen LogP contribution in [0.1, 0.15) is 97.3 Å². The summed E-state index contributed by atoms with van der Waals surface area (Å²) in [4.78, 5) is 11.9. The Morgan fingerprint density at radius 3 is 2.13 bits per heavy atom. The van der Waals surface area contributed by atoms with Gasteiger partial charge in [0, 0.05) is 6.42 Å². The Kier molecular flexibility index (Phi) is 18.2. The summed E-state index contributed by atoms with van der Waals surface area (Å²) >= 11 is 0. The molecule has 0 heterocycles. The van der Waals surface area contributed by atoms with Gasteiger partial charge in [-0.05, 0) is 39.0 Å². The molecule has 0 aromatic heterocycles. The summed E-state index contributed by atoms with van der Waals surface area (Å²) < 4.78 is 5.27. The van der Waals surface area contributed by atoms with Crippen LogP contribution < -0.4 is 0 Å². The molecule has 0 aliphatic rings. The fraction of sp³-hybridized carbons (Fsp3) is 0.875. The van der Waals surface area contributed by atoms with Crippen molar-refractivity contribution in [3.63, 3.8) is 0 Å². The van der Waals surface area contributed by atoms with Gasteiger partial charge in [0.1, 0.15) is 6.10 Å². The molecular formula is C24H46O6. The number of unbranched alkanes of at least 4 members (excludes halogenated alkanes) is 8. The lowest BCUT2D eigenvalue weighted by atomic mass is 9.85. The zero-order chi connectivity index (χ0) is 22.7. The lowest BCUT2D eigenvalue weighted by Gasteiger charge is -2.33. The zero-order valence-corrected chi connectivity index (χ0v) is 19.2. The van der Waals surface area contributed by atoms with E-state index in [0.29, 0.717) is 6.42 Å². The van der Waals surface area contributed by atoms with Crippen LogP contribution in [0.25, 0.3) is 0 Å². The molecule has 2 atom stereocenters. The Hall–Kier alpha value is -0.950. The second kappa shape index (κ2) is 18.8. The van der Waals surface area contributed by atoms with Gasteiger partial charge in [0.25, 0.3) is 0 Å². The van der Waals surface area contributed by atoms with Gasteiger partial charge in [-0.1, -0.05) is 64.0 Å². The maximum absolute atomic E-state index is 11.9. The molecule has 0 fully saturated rings. The van der Waals surface area contributed by atoms with E-state index in [4.69, 9.17) is 4.74 Å². The summed E-state index contributed by atoms with van der Waals surface area (Å²) in [5, 5.41) is 38.0. The van der Waals surface area contributed by atoms with Crippen molar-refractivity contribution in [2.75, 3.05) is 19.8 Å². The number of hydrogen-bond donors (Lipinski definition) is 4. The standard InChI is InChI=1S/C24H46O6/c1-3-4-5-12-15-22(28)16-13-10-8-6-7-9-11-14-17-23(29)30-21(2)24(18-25,19-26)20-27/h10,13,21-22,25-28H,3-9,11-12,14-20H2,1-2H3/b13-10-. The van der Waals surface area contributed by atoms with Gasteiger partial charge in [-0.15, -0.1) is 0 Å². The third kappa shape index (κ3) is 13.4. The van der Waals surface area contributed by atoms with E-state index in [1.165, 1.54) is 19.3 Å². The lowest BCUT2D eigenvalue weighted by molar-refractivity contribution is -0.163. The number of hydrogen-bond acceptors (Lipinski definition) is 6. The van der Waals surface area contributed by atoms with Gasteiger partial charge in [0.2, 0.25) is 0 Å². The Bertz CT molecular complexity index is 425. The van der Waals surface area contributed by atoms with Gasteiger partial charge in [0.15, 0.2) is 0 Å². The van der Waals surface area contributed by atoms with Crippen molar-refractivity contribution in [3.05, 3.63) is 12.2 Å². The SMILES string of the molecule is CCCCCCC(O)C/C=C\CCCCCCCC(=O)OC(C)C(CO)(CO)CO. The van der Waals surface area contributed by atoms with Crippen molar-refractivity contribution in [1.82, 2.24) is 0 Å². The Balaban J connectivity index is 3.68. The molecule has 0 amide bonds. The molecule has 6 nitrogen and oxygen atoms in total. The molecule has 6 heteroatoms. The summed E-state index contributed by atoms with van der Waals surface area (Å²) in [6, 6.07) is 0. The number of aliphatic hydroxyl groups is 4. The normalized spacial score (nSPS) is 14.2. The smallest absolute Gasteiger partial charge is 0.306 e. The maximum Gasteiger partial charge on any atom is 0.306 e. The van der Waals surface area contributed by atoms with Crippen LogP contribution in [-0.4, -0.2) is 58.4 Å². The first-order valence-corrected chi connectivity index (χ1v) is 11.8. The van der Waals surface area contributed by atoms with Crippen LogP contribution in [0, 0.1) is 5.41 Å². The number of esters is 1. The third-order valence-electron chi connectivity index (χ3n) is 5.83. The highest BCUT2D eigenvalue weighted by atomic mass is 16.5. The predicted octanol–water partition coefficient (Wildman–Crippen LogP) is 3.89. The topological polar surface area (TPSA) is 107 Å². The van der Waals surface area contributed by atoms with Crippen LogP contribution in [-0.2, 0) is 9.53 Å². The fourth-order valence-corrected chi connectivity index (χ4v) is 3.27. The van der Waals surface area contributed by atoms with Crippen LogP contribution in [0.3, 0.4) is 0 Å². The number of aliphatic hydroxyl groups excluding tert-OH is 4. The molecule has 0 aromatic carbocycles.